The van der Waals surface area contributed by atoms with Gasteiger partial charge in [-0.25, -0.2) is 0 Å². The molecule has 0 saturated carbocycles. The standard InChI is InChI=1S/C9H13N3OS/c1-11-9-7(8(10)13)5-2-3-12-4-6(5)14-9/h11-12H,2-4H2,1H3,(H2,10,13). The Morgan fingerprint density at radius 3 is 3.07 bits per heavy atom. The van der Waals surface area contributed by atoms with Gasteiger partial charge in [0.15, 0.2) is 0 Å². The first-order valence-corrected chi connectivity index (χ1v) is 5.38. The van der Waals surface area contributed by atoms with E-state index in [2.05, 4.69) is 10.6 Å². The maximum atomic E-state index is 11.3. The van der Waals surface area contributed by atoms with Crippen LogP contribution in [0.25, 0.3) is 0 Å². The molecule has 0 atom stereocenters. The van der Waals surface area contributed by atoms with Crippen LogP contribution in [0, 0.1) is 0 Å². The quantitative estimate of drug-likeness (QED) is 0.668. The molecule has 14 heavy (non-hydrogen) atoms. The van der Waals surface area contributed by atoms with Gasteiger partial charge in [0, 0.05) is 18.5 Å². The first-order chi connectivity index (χ1) is 6.74. The van der Waals surface area contributed by atoms with Crippen LogP contribution in [0.2, 0.25) is 0 Å². The molecule has 0 bridgehead atoms. The van der Waals surface area contributed by atoms with Crippen molar-refractivity contribution in [3.8, 4) is 0 Å². The number of carbonyl (C=O) groups is 1. The smallest absolute Gasteiger partial charge is 0.251 e. The zero-order valence-electron chi connectivity index (χ0n) is 8.02. The molecule has 4 N–H and O–H groups in total. The largest absolute Gasteiger partial charge is 0.379 e. The predicted molar refractivity (Wildman–Crippen MR) is 57.8 cm³/mol. The summed E-state index contributed by atoms with van der Waals surface area (Å²) >= 11 is 1.62. The molecule has 0 saturated heterocycles. The second kappa shape index (κ2) is 3.59. The molecule has 2 heterocycles. The number of anilines is 1. The number of thiophene rings is 1. The van der Waals surface area contributed by atoms with Gasteiger partial charge in [0.25, 0.3) is 5.91 Å². The third-order valence-corrected chi connectivity index (χ3v) is 3.65. The highest BCUT2D eigenvalue weighted by Crippen LogP contribution is 2.34. The SMILES string of the molecule is CNc1sc2c(c1C(N)=O)CCNC2. The first kappa shape index (κ1) is 9.48. The average Bonchev–Trinajstić information content (AvgIpc) is 2.55. The fraction of sp³-hybridized carbons (Fsp3) is 0.444. The van der Waals surface area contributed by atoms with E-state index in [1.54, 1.807) is 11.3 Å². The Labute approximate surface area is 86.5 Å². The molecule has 4 nitrogen and oxygen atoms in total. The summed E-state index contributed by atoms with van der Waals surface area (Å²) in [6.45, 7) is 1.77. The van der Waals surface area contributed by atoms with Crippen molar-refractivity contribution >= 4 is 22.2 Å². The third-order valence-electron chi connectivity index (χ3n) is 2.40. The van der Waals surface area contributed by atoms with Crippen LogP contribution in [0.1, 0.15) is 20.8 Å². The number of hydrogen-bond acceptors (Lipinski definition) is 4. The Morgan fingerprint density at radius 1 is 1.64 bits per heavy atom. The molecule has 2 rings (SSSR count). The zero-order chi connectivity index (χ0) is 10.1. The summed E-state index contributed by atoms with van der Waals surface area (Å²) < 4.78 is 0. The van der Waals surface area contributed by atoms with Gasteiger partial charge in [-0.05, 0) is 18.5 Å². The van der Waals surface area contributed by atoms with Crippen molar-refractivity contribution < 1.29 is 4.79 Å². The summed E-state index contributed by atoms with van der Waals surface area (Å²) in [5.74, 6) is -0.325. The van der Waals surface area contributed by atoms with E-state index in [-0.39, 0.29) is 5.91 Å². The lowest BCUT2D eigenvalue weighted by molar-refractivity contribution is 0.100. The number of primary amides is 1. The molecule has 0 aliphatic carbocycles. The van der Waals surface area contributed by atoms with Crippen LogP contribution < -0.4 is 16.4 Å². The number of amides is 1. The lowest BCUT2D eigenvalue weighted by Gasteiger charge is -2.12. The van der Waals surface area contributed by atoms with Crippen molar-refractivity contribution in [3.63, 3.8) is 0 Å². The summed E-state index contributed by atoms with van der Waals surface area (Å²) in [7, 11) is 1.82. The van der Waals surface area contributed by atoms with Gasteiger partial charge in [-0.3, -0.25) is 4.79 Å². The molecule has 0 spiro atoms. The molecule has 0 fully saturated rings. The normalized spacial score (nSPS) is 14.9. The fourth-order valence-corrected chi connectivity index (χ4v) is 2.95. The lowest BCUT2D eigenvalue weighted by atomic mass is 10.0. The van der Waals surface area contributed by atoms with Gasteiger partial charge in [0.2, 0.25) is 0 Å². The molecule has 1 aliphatic rings. The highest BCUT2D eigenvalue weighted by Gasteiger charge is 2.22. The van der Waals surface area contributed by atoms with Crippen molar-refractivity contribution in [2.24, 2.45) is 5.73 Å². The van der Waals surface area contributed by atoms with Crippen LogP contribution in [-0.2, 0) is 13.0 Å². The lowest BCUT2D eigenvalue weighted by Crippen LogP contribution is -2.24. The highest BCUT2D eigenvalue weighted by atomic mass is 32.1. The van der Waals surface area contributed by atoms with Crippen LogP contribution in [0.5, 0.6) is 0 Å². The zero-order valence-corrected chi connectivity index (χ0v) is 8.83. The Bertz CT molecular complexity index is 372. The maximum absolute atomic E-state index is 11.3. The van der Waals surface area contributed by atoms with Crippen LogP contribution in [0.3, 0.4) is 0 Å². The van der Waals surface area contributed by atoms with Crippen LogP contribution in [0.4, 0.5) is 5.00 Å². The van der Waals surface area contributed by atoms with E-state index < -0.39 is 0 Å². The summed E-state index contributed by atoms with van der Waals surface area (Å²) in [4.78, 5) is 12.5. The Kier molecular flexibility index (Phi) is 2.43. The van der Waals surface area contributed by atoms with E-state index in [4.69, 9.17) is 5.73 Å². The molecular formula is C9H13N3OS. The second-order valence-corrected chi connectivity index (χ2v) is 4.35. The van der Waals surface area contributed by atoms with E-state index in [1.165, 1.54) is 4.88 Å². The van der Waals surface area contributed by atoms with E-state index in [0.717, 1.165) is 30.1 Å². The Hall–Kier alpha value is -1.07. The molecule has 1 aromatic heterocycles. The average molecular weight is 211 g/mol. The number of carbonyl (C=O) groups excluding carboxylic acids is 1. The van der Waals surface area contributed by atoms with Gasteiger partial charge >= 0.3 is 0 Å². The third kappa shape index (κ3) is 1.38. The fourth-order valence-electron chi connectivity index (χ4n) is 1.77. The molecular weight excluding hydrogens is 198 g/mol. The molecule has 1 aromatic rings. The van der Waals surface area contributed by atoms with E-state index in [1.807, 2.05) is 7.05 Å². The predicted octanol–water partition coefficient (Wildman–Crippen LogP) is 0.534. The number of nitrogens with two attached hydrogens (primary N) is 1. The van der Waals surface area contributed by atoms with Gasteiger partial charge in [0.05, 0.1) is 5.56 Å². The molecule has 76 valence electrons. The number of hydrogen-bond donors (Lipinski definition) is 3. The van der Waals surface area contributed by atoms with Crippen LogP contribution in [-0.4, -0.2) is 19.5 Å². The first-order valence-electron chi connectivity index (χ1n) is 4.57. The van der Waals surface area contributed by atoms with Gasteiger partial charge < -0.3 is 16.4 Å². The van der Waals surface area contributed by atoms with Crippen molar-refractivity contribution in [2.75, 3.05) is 18.9 Å². The minimum absolute atomic E-state index is 0.325. The molecule has 1 amide bonds. The molecule has 0 aromatic carbocycles. The molecule has 0 unspecified atom stereocenters. The molecule has 5 heteroatoms. The Morgan fingerprint density at radius 2 is 2.43 bits per heavy atom. The van der Waals surface area contributed by atoms with Gasteiger partial charge in [-0.15, -0.1) is 11.3 Å². The summed E-state index contributed by atoms with van der Waals surface area (Å²) in [5, 5.41) is 7.19. The second-order valence-electron chi connectivity index (χ2n) is 3.25. The number of rotatable bonds is 2. The summed E-state index contributed by atoms with van der Waals surface area (Å²) in [5.41, 5.74) is 7.19. The van der Waals surface area contributed by atoms with Crippen LogP contribution in [0.15, 0.2) is 0 Å². The minimum atomic E-state index is -0.325. The topological polar surface area (TPSA) is 67.1 Å². The van der Waals surface area contributed by atoms with Crippen molar-refractivity contribution in [1.82, 2.24) is 5.32 Å². The summed E-state index contributed by atoms with van der Waals surface area (Å²) in [6, 6.07) is 0. The molecule has 0 radical (unpaired) electrons. The number of fused-ring (bicyclic) bond motifs is 1. The van der Waals surface area contributed by atoms with E-state index in [0.29, 0.717) is 5.56 Å². The van der Waals surface area contributed by atoms with Crippen LogP contribution >= 0.6 is 11.3 Å². The van der Waals surface area contributed by atoms with Gasteiger partial charge in [-0.1, -0.05) is 0 Å². The maximum Gasteiger partial charge on any atom is 0.251 e. The minimum Gasteiger partial charge on any atom is -0.379 e. The van der Waals surface area contributed by atoms with E-state index in [9.17, 15) is 4.79 Å². The van der Waals surface area contributed by atoms with Crippen molar-refractivity contribution in [1.29, 1.82) is 0 Å². The van der Waals surface area contributed by atoms with Gasteiger partial charge in [0.1, 0.15) is 5.00 Å². The molecule has 1 aliphatic heterocycles. The highest BCUT2D eigenvalue weighted by molar-refractivity contribution is 7.16. The van der Waals surface area contributed by atoms with E-state index >= 15 is 0 Å². The van der Waals surface area contributed by atoms with Gasteiger partial charge in [-0.2, -0.15) is 0 Å². The summed E-state index contributed by atoms with van der Waals surface area (Å²) in [6.07, 6.45) is 0.895. The number of nitrogens with one attached hydrogen (secondary N) is 2. The van der Waals surface area contributed by atoms with Crippen molar-refractivity contribution in [2.45, 2.75) is 13.0 Å². The van der Waals surface area contributed by atoms with Crippen molar-refractivity contribution in [3.05, 3.63) is 16.0 Å². The monoisotopic (exact) mass is 211 g/mol. The Balaban J connectivity index is 2.53.